The van der Waals surface area contributed by atoms with E-state index in [4.69, 9.17) is 0 Å². The van der Waals surface area contributed by atoms with Gasteiger partial charge in [0, 0.05) is 24.8 Å². The second-order valence-electron chi connectivity index (χ2n) is 6.41. The molecule has 1 heterocycles. The van der Waals surface area contributed by atoms with Gasteiger partial charge >= 0.3 is 0 Å². The van der Waals surface area contributed by atoms with Gasteiger partial charge in [0.15, 0.2) is 0 Å². The van der Waals surface area contributed by atoms with Gasteiger partial charge in [0.05, 0.1) is 11.4 Å². The second kappa shape index (κ2) is 8.02. The molecule has 130 valence electrons. The van der Waals surface area contributed by atoms with Crippen LogP contribution in [0.2, 0.25) is 0 Å². The molecule has 0 radical (unpaired) electrons. The maximum atomic E-state index is 11.9. The number of sulfonamides is 1. The molecule has 0 bridgehead atoms. The van der Waals surface area contributed by atoms with Crippen LogP contribution in [0.3, 0.4) is 0 Å². The molecule has 0 aliphatic carbocycles. The third-order valence-electron chi connectivity index (χ3n) is 4.40. The van der Waals surface area contributed by atoms with E-state index in [9.17, 15) is 8.42 Å². The monoisotopic (exact) mass is 339 g/mol. The largest absolute Gasteiger partial charge is 0.382 e. The molecule has 2 rings (SSSR count). The second-order valence-corrected chi connectivity index (χ2v) is 8.25. The topological polar surface area (TPSA) is 61.4 Å². The lowest BCUT2D eigenvalue weighted by Gasteiger charge is -2.37. The minimum Gasteiger partial charge on any atom is -0.382 e. The number of nitrogens with zero attached hydrogens (tertiary/aromatic N) is 1. The van der Waals surface area contributed by atoms with Crippen LogP contribution in [0.25, 0.3) is 0 Å². The van der Waals surface area contributed by atoms with Crippen LogP contribution in [0.4, 0.5) is 11.4 Å². The summed E-state index contributed by atoms with van der Waals surface area (Å²) in [7, 11) is -3.24. The lowest BCUT2D eigenvalue weighted by molar-refractivity contribution is 0.179. The van der Waals surface area contributed by atoms with Gasteiger partial charge in [0.2, 0.25) is 10.0 Å². The van der Waals surface area contributed by atoms with Gasteiger partial charge in [0.1, 0.15) is 0 Å². The fourth-order valence-corrected chi connectivity index (χ4v) is 4.25. The van der Waals surface area contributed by atoms with Gasteiger partial charge < -0.3 is 10.2 Å². The average Bonchev–Trinajstić information content (AvgIpc) is 2.49. The highest BCUT2D eigenvalue weighted by molar-refractivity contribution is 7.92. The molecule has 0 amide bonds. The van der Waals surface area contributed by atoms with Crippen molar-refractivity contribution in [2.75, 3.05) is 35.4 Å². The molecular weight excluding hydrogens is 310 g/mol. The zero-order valence-electron chi connectivity index (χ0n) is 14.4. The Bertz CT molecular complexity index is 604. The number of anilines is 2. The standard InChI is InChI=1S/C17H29N3O2S/c1-4-11-23(21,22)19-16-8-6-7-15(12-16)18-17-9-10-20(5-2)13-14(17)3/h6-8,12,14,17-19H,4-5,9-11,13H2,1-3H3/t14-,17-/m1/s1. The molecule has 2 N–H and O–H groups in total. The first-order valence-electron chi connectivity index (χ1n) is 8.53. The summed E-state index contributed by atoms with van der Waals surface area (Å²) in [5, 5.41) is 3.57. The molecule has 6 heteroatoms. The number of benzene rings is 1. The van der Waals surface area contributed by atoms with Crippen molar-refractivity contribution >= 4 is 21.4 Å². The molecule has 1 aliphatic rings. The number of rotatable bonds is 7. The summed E-state index contributed by atoms with van der Waals surface area (Å²) < 4.78 is 26.4. The van der Waals surface area contributed by atoms with Crippen LogP contribution in [0, 0.1) is 5.92 Å². The maximum Gasteiger partial charge on any atom is 0.232 e. The van der Waals surface area contributed by atoms with Crippen LogP contribution in [0.5, 0.6) is 0 Å². The van der Waals surface area contributed by atoms with Crippen molar-refractivity contribution in [2.45, 2.75) is 39.7 Å². The van der Waals surface area contributed by atoms with E-state index < -0.39 is 10.0 Å². The third kappa shape index (κ3) is 5.39. The van der Waals surface area contributed by atoms with Crippen molar-refractivity contribution in [1.29, 1.82) is 0 Å². The van der Waals surface area contributed by atoms with Crippen molar-refractivity contribution in [2.24, 2.45) is 5.92 Å². The minimum absolute atomic E-state index is 0.150. The van der Waals surface area contributed by atoms with E-state index in [0.29, 0.717) is 24.1 Å². The van der Waals surface area contributed by atoms with E-state index in [0.717, 1.165) is 31.7 Å². The van der Waals surface area contributed by atoms with Gasteiger partial charge in [-0.15, -0.1) is 0 Å². The maximum absolute atomic E-state index is 11.9. The predicted molar refractivity (Wildman–Crippen MR) is 97.4 cm³/mol. The quantitative estimate of drug-likeness (QED) is 0.802. The summed E-state index contributed by atoms with van der Waals surface area (Å²) in [6.45, 7) is 9.66. The van der Waals surface area contributed by atoms with Crippen molar-refractivity contribution in [3.8, 4) is 0 Å². The van der Waals surface area contributed by atoms with Gasteiger partial charge in [-0.3, -0.25) is 4.72 Å². The molecule has 1 aromatic carbocycles. The zero-order valence-corrected chi connectivity index (χ0v) is 15.2. The first kappa shape index (κ1) is 18.1. The summed E-state index contributed by atoms with van der Waals surface area (Å²) in [6, 6.07) is 7.99. The Labute approximate surface area is 140 Å². The Morgan fingerprint density at radius 2 is 2.00 bits per heavy atom. The highest BCUT2D eigenvalue weighted by Gasteiger charge is 2.25. The first-order chi connectivity index (χ1) is 10.9. The van der Waals surface area contributed by atoms with Gasteiger partial charge in [-0.2, -0.15) is 0 Å². The fourth-order valence-electron chi connectivity index (χ4n) is 3.12. The van der Waals surface area contributed by atoms with Crippen LogP contribution in [-0.2, 0) is 10.0 Å². The number of piperidine rings is 1. The molecule has 0 saturated carbocycles. The molecule has 5 nitrogen and oxygen atoms in total. The van der Waals surface area contributed by atoms with Crippen LogP contribution in [0.15, 0.2) is 24.3 Å². The first-order valence-corrected chi connectivity index (χ1v) is 10.2. The molecule has 23 heavy (non-hydrogen) atoms. The van der Waals surface area contributed by atoms with Crippen LogP contribution in [0.1, 0.15) is 33.6 Å². The van der Waals surface area contributed by atoms with E-state index in [1.165, 1.54) is 0 Å². The highest BCUT2D eigenvalue weighted by atomic mass is 32.2. The molecule has 1 aromatic rings. The van der Waals surface area contributed by atoms with Gasteiger partial charge in [-0.1, -0.05) is 26.8 Å². The Morgan fingerprint density at radius 1 is 1.26 bits per heavy atom. The SMILES string of the molecule is CCCS(=O)(=O)Nc1cccc(N[C@@H]2CCN(CC)C[C@H]2C)c1. The molecule has 0 unspecified atom stereocenters. The number of nitrogens with one attached hydrogen (secondary N) is 2. The molecule has 2 atom stereocenters. The van der Waals surface area contributed by atoms with Gasteiger partial charge in [-0.05, 0) is 43.5 Å². The smallest absolute Gasteiger partial charge is 0.232 e. The Kier molecular flexibility index (Phi) is 6.30. The van der Waals surface area contributed by atoms with E-state index in [2.05, 4.69) is 28.8 Å². The van der Waals surface area contributed by atoms with Gasteiger partial charge in [-0.25, -0.2) is 8.42 Å². The Morgan fingerprint density at radius 3 is 2.65 bits per heavy atom. The van der Waals surface area contributed by atoms with Crippen molar-refractivity contribution < 1.29 is 8.42 Å². The molecule has 1 saturated heterocycles. The molecular formula is C17H29N3O2S. The molecule has 1 aliphatic heterocycles. The third-order valence-corrected chi connectivity index (χ3v) is 5.89. The van der Waals surface area contributed by atoms with E-state index >= 15 is 0 Å². The minimum atomic E-state index is -3.24. The Balaban J connectivity index is 2.00. The zero-order chi connectivity index (χ0) is 16.9. The Hall–Kier alpha value is -1.27. The summed E-state index contributed by atoms with van der Waals surface area (Å²) in [5.74, 6) is 0.723. The number of hydrogen-bond acceptors (Lipinski definition) is 4. The normalized spacial score (nSPS) is 22.7. The van der Waals surface area contributed by atoms with E-state index in [1.807, 2.05) is 25.1 Å². The molecule has 0 aromatic heterocycles. The van der Waals surface area contributed by atoms with Gasteiger partial charge in [0.25, 0.3) is 0 Å². The van der Waals surface area contributed by atoms with E-state index in [-0.39, 0.29) is 5.75 Å². The summed E-state index contributed by atoms with van der Waals surface area (Å²) >= 11 is 0. The van der Waals surface area contributed by atoms with Crippen molar-refractivity contribution in [3.63, 3.8) is 0 Å². The van der Waals surface area contributed by atoms with Crippen molar-refractivity contribution in [3.05, 3.63) is 24.3 Å². The highest BCUT2D eigenvalue weighted by Crippen LogP contribution is 2.23. The van der Waals surface area contributed by atoms with Crippen LogP contribution >= 0.6 is 0 Å². The fraction of sp³-hybridized carbons (Fsp3) is 0.647. The summed E-state index contributed by atoms with van der Waals surface area (Å²) in [6.07, 6.45) is 1.72. The van der Waals surface area contributed by atoms with E-state index in [1.54, 1.807) is 6.07 Å². The average molecular weight is 340 g/mol. The van der Waals surface area contributed by atoms with Crippen LogP contribution in [-0.4, -0.2) is 44.7 Å². The number of likely N-dealkylation sites (tertiary alicyclic amines) is 1. The molecule has 1 fully saturated rings. The lowest BCUT2D eigenvalue weighted by Crippen LogP contribution is -2.45. The summed E-state index contributed by atoms with van der Waals surface area (Å²) in [5.41, 5.74) is 1.60. The number of hydrogen-bond donors (Lipinski definition) is 2. The van der Waals surface area contributed by atoms with Crippen molar-refractivity contribution in [1.82, 2.24) is 4.90 Å². The van der Waals surface area contributed by atoms with Crippen LogP contribution < -0.4 is 10.0 Å². The summed E-state index contributed by atoms with van der Waals surface area (Å²) in [4.78, 5) is 2.47. The lowest BCUT2D eigenvalue weighted by atomic mass is 9.93. The molecule has 0 spiro atoms. The predicted octanol–water partition coefficient (Wildman–Crippen LogP) is 2.98.